The predicted octanol–water partition coefficient (Wildman–Crippen LogP) is 14.6. The number of hydrogen-bond acceptors (Lipinski definition) is 4. The van der Waals surface area contributed by atoms with E-state index in [2.05, 4.69) is 184 Å². The Bertz CT molecular complexity index is 3860. The van der Waals surface area contributed by atoms with E-state index in [0.29, 0.717) is 0 Å². The molecule has 6 aromatic heterocycles. The summed E-state index contributed by atoms with van der Waals surface area (Å²) in [4.78, 5) is 14.6. The van der Waals surface area contributed by atoms with E-state index in [1.807, 2.05) is 42.9 Å². The molecule has 13 rings (SSSR count). The van der Waals surface area contributed by atoms with Crippen molar-refractivity contribution < 1.29 is 4.42 Å². The number of furan rings is 1. The molecule has 13 aromatic rings. The van der Waals surface area contributed by atoms with Crippen molar-refractivity contribution in [1.82, 2.24) is 24.1 Å². The van der Waals surface area contributed by atoms with Crippen LogP contribution < -0.4 is 0 Å². The second-order valence-corrected chi connectivity index (χ2v) is 16.1. The van der Waals surface area contributed by atoms with Crippen molar-refractivity contribution in [3.63, 3.8) is 0 Å². The number of rotatable bonds is 6. The average molecular weight is 806 g/mol. The summed E-state index contributed by atoms with van der Waals surface area (Å²) in [5, 5.41) is 5.75. The highest BCUT2D eigenvalue weighted by Crippen LogP contribution is 2.40. The Hall–Kier alpha value is -8.61. The molecule has 0 aliphatic rings. The molecule has 63 heavy (non-hydrogen) atoms. The molecule has 0 aliphatic heterocycles. The van der Waals surface area contributed by atoms with E-state index < -0.39 is 0 Å². The van der Waals surface area contributed by atoms with Gasteiger partial charge in [-0.05, 0) is 96.1 Å². The summed E-state index contributed by atoms with van der Waals surface area (Å²) in [5.41, 5.74) is 17.5. The lowest BCUT2D eigenvalue weighted by Gasteiger charge is -2.13. The maximum Gasteiger partial charge on any atom is 0.153 e. The first-order valence-electron chi connectivity index (χ1n) is 21.2. The average Bonchev–Trinajstić information content (AvgIpc) is 4.01. The normalized spacial score (nSPS) is 11.8. The van der Waals surface area contributed by atoms with Crippen molar-refractivity contribution >= 4 is 65.7 Å². The van der Waals surface area contributed by atoms with Gasteiger partial charge in [-0.25, -0.2) is 4.98 Å². The van der Waals surface area contributed by atoms with Crippen LogP contribution >= 0.6 is 0 Å². The number of pyridine rings is 3. The van der Waals surface area contributed by atoms with Crippen LogP contribution in [-0.2, 0) is 0 Å². The maximum absolute atomic E-state index is 6.12. The summed E-state index contributed by atoms with van der Waals surface area (Å²) in [6.07, 6.45) is 5.76. The molecule has 294 valence electrons. The molecule has 7 aromatic carbocycles. The van der Waals surface area contributed by atoms with Crippen molar-refractivity contribution in [1.29, 1.82) is 0 Å². The maximum atomic E-state index is 6.12. The van der Waals surface area contributed by atoms with E-state index in [-0.39, 0.29) is 0 Å². The third-order valence-corrected chi connectivity index (χ3v) is 12.4. The fraction of sp³-hybridized carbons (Fsp3) is 0. The molecular weight excluding hydrogens is 771 g/mol. The molecule has 0 radical (unpaired) electrons. The van der Waals surface area contributed by atoms with Gasteiger partial charge in [0.25, 0.3) is 0 Å². The fourth-order valence-electron chi connectivity index (χ4n) is 9.50. The smallest absolute Gasteiger partial charge is 0.153 e. The first-order chi connectivity index (χ1) is 31.2. The Balaban J connectivity index is 0.920. The summed E-state index contributed by atoms with van der Waals surface area (Å²) in [7, 11) is 0. The molecule has 0 saturated heterocycles. The lowest BCUT2D eigenvalue weighted by atomic mass is 9.99. The second-order valence-electron chi connectivity index (χ2n) is 16.1. The van der Waals surface area contributed by atoms with E-state index in [1.54, 1.807) is 0 Å². The molecule has 0 atom stereocenters. The zero-order chi connectivity index (χ0) is 41.4. The zero-order valence-corrected chi connectivity index (χ0v) is 33.9. The van der Waals surface area contributed by atoms with Crippen molar-refractivity contribution in [2.75, 3.05) is 0 Å². The van der Waals surface area contributed by atoms with E-state index in [0.717, 1.165) is 100 Å². The number of para-hydroxylation sites is 2. The van der Waals surface area contributed by atoms with Crippen LogP contribution in [0.1, 0.15) is 0 Å². The summed E-state index contributed by atoms with van der Waals surface area (Å²) in [6.45, 7) is 0. The van der Waals surface area contributed by atoms with Gasteiger partial charge < -0.3 is 13.6 Å². The Morgan fingerprint density at radius 3 is 1.52 bits per heavy atom. The molecular formula is C57H35N5O. The third-order valence-electron chi connectivity index (χ3n) is 12.4. The predicted molar refractivity (Wildman–Crippen MR) is 258 cm³/mol. The molecule has 0 saturated carbocycles. The third kappa shape index (κ3) is 5.69. The van der Waals surface area contributed by atoms with Crippen molar-refractivity contribution in [3.8, 4) is 56.1 Å². The summed E-state index contributed by atoms with van der Waals surface area (Å²) < 4.78 is 10.8. The van der Waals surface area contributed by atoms with E-state index in [9.17, 15) is 0 Å². The first-order valence-corrected chi connectivity index (χ1v) is 21.2. The van der Waals surface area contributed by atoms with Gasteiger partial charge in [-0.2, -0.15) is 0 Å². The molecule has 6 heterocycles. The van der Waals surface area contributed by atoms with Crippen LogP contribution in [0.4, 0.5) is 0 Å². The van der Waals surface area contributed by atoms with Gasteiger partial charge in [0.1, 0.15) is 11.1 Å². The number of fused-ring (bicyclic) bond motifs is 9. The van der Waals surface area contributed by atoms with E-state index in [1.165, 1.54) is 21.5 Å². The molecule has 0 N–H and O–H groups in total. The molecule has 0 bridgehead atoms. The zero-order valence-electron chi connectivity index (χ0n) is 33.9. The molecule has 0 unspecified atom stereocenters. The van der Waals surface area contributed by atoms with E-state index >= 15 is 0 Å². The van der Waals surface area contributed by atoms with Gasteiger partial charge in [-0.15, -0.1) is 0 Å². The number of benzene rings is 7. The monoisotopic (exact) mass is 805 g/mol. The van der Waals surface area contributed by atoms with Crippen LogP contribution in [0.25, 0.3) is 122 Å². The quantitative estimate of drug-likeness (QED) is 0.168. The van der Waals surface area contributed by atoms with Crippen LogP contribution in [0.2, 0.25) is 0 Å². The molecule has 6 nitrogen and oxygen atoms in total. The highest BCUT2D eigenvalue weighted by atomic mass is 16.3. The topological polar surface area (TPSA) is 61.7 Å². The minimum Gasteiger partial charge on any atom is -0.454 e. The molecule has 0 spiro atoms. The van der Waals surface area contributed by atoms with Crippen LogP contribution in [0.15, 0.2) is 217 Å². The van der Waals surface area contributed by atoms with Gasteiger partial charge in [0.05, 0.1) is 39.1 Å². The summed E-state index contributed by atoms with van der Waals surface area (Å²) >= 11 is 0. The van der Waals surface area contributed by atoms with Gasteiger partial charge in [-0.1, -0.05) is 109 Å². The van der Waals surface area contributed by atoms with Crippen LogP contribution in [0.5, 0.6) is 0 Å². The van der Waals surface area contributed by atoms with Gasteiger partial charge in [0, 0.05) is 73.5 Å². The van der Waals surface area contributed by atoms with E-state index in [4.69, 9.17) is 14.4 Å². The highest BCUT2D eigenvalue weighted by Gasteiger charge is 2.18. The van der Waals surface area contributed by atoms with Crippen molar-refractivity contribution in [2.24, 2.45) is 0 Å². The van der Waals surface area contributed by atoms with Gasteiger partial charge >= 0.3 is 0 Å². The Kier molecular flexibility index (Phi) is 7.80. The minimum atomic E-state index is 0.791. The highest BCUT2D eigenvalue weighted by molar-refractivity contribution is 6.12. The summed E-state index contributed by atoms with van der Waals surface area (Å²) in [5.74, 6) is 0. The first kappa shape index (κ1) is 35.2. The second kappa shape index (κ2) is 14.0. The van der Waals surface area contributed by atoms with Gasteiger partial charge in [0.2, 0.25) is 0 Å². The number of aromatic nitrogens is 5. The van der Waals surface area contributed by atoms with Crippen molar-refractivity contribution in [2.45, 2.75) is 0 Å². The van der Waals surface area contributed by atoms with Gasteiger partial charge in [-0.3, -0.25) is 9.97 Å². The van der Waals surface area contributed by atoms with Crippen LogP contribution in [0.3, 0.4) is 0 Å². The minimum absolute atomic E-state index is 0.791. The Labute approximate surface area is 361 Å². The van der Waals surface area contributed by atoms with Crippen LogP contribution in [-0.4, -0.2) is 24.1 Å². The molecule has 6 heteroatoms. The lowest BCUT2D eigenvalue weighted by Crippen LogP contribution is -1.98. The molecule has 0 fully saturated rings. The Morgan fingerprint density at radius 2 is 0.905 bits per heavy atom. The lowest BCUT2D eigenvalue weighted by molar-refractivity contribution is 0.668. The molecule has 0 aliphatic carbocycles. The SMILES string of the molecule is c1ccc(-c2cc(-n3c4ccccc4c4cc(-c5cncc(-c6ccc7c(c6)c6ccccc6n7-c6ccc7oc8cccnc8c7c6)c5)ccc43)cc(-c3ccccc3)n2)cc1. The largest absolute Gasteiger partial charge is 0.454 e. The number of hydrogen-bond donors (Lipinski definition) is 0. The fourth-order valence-corrected chi connectivity index (χ4v) is 9.50. The Morgan fingerprint density at radius 1 is 0.349 bits per heavy atom. The summed E-state index contributed by atoms with van der Waals surface area (Å²) in [6, 6.07) is 68.7. The standard InChI is InChI=1S/C57H35N5O/c1-3-12-36(13-4-1)49-32-43(33-50(60-49)37-14-5-2-6-15-37)62-52-19-10-8-17-45(52)47-30-39(22-25-54(47)62)41-28-40(34-58-35-41)38-21-24-53-46(29-38)44-16-7-9-18-51(44)61(53)42-23-26-55-48(31-42)57-56(63-55)20-11-27-59-57/h1-35H. The van der Waals surface area contributed by atoms with Crippen LogP contribution in [0, 0.1) is 0 Å². The van der Waals surface area contributed by atoms with Crippen molar-refractivity contribution in [3.05, 3.63) is 213 Å². The van der Waals surface area contributed by atoms with Gasteiger partial charge in [0.15, 0.2) is 5.58 Å². The number of nitrogens with zero attached hydrogens (tertiary/aromatic N) is 5. The molecule has 0 amide bonds.